The number of rotatable bonds is 6. The van der Waals surface area contributed by atoms with Crippen LogP contribution in [0, 0.1) is 5.92 Å². The van der Waals surface area contributed by atoms with Crippen molar-refractivity contribution in [1.29, 1.82) is 0 Å². The van der Waals surface area contributed by atoms with E-state index < -0.39 is 0 Å². The Labute approximate surface area is 122 Å². The van der Waals surface area contributed by atoms with Crippen molar-refractivity contribution in [2.24, 2.45) is 5.92 Å². The van der Waals surface area contributed by atoms with Gasteiger partial charge in [0.2, 0.25) is 0 Å². The van der Waals surface area contributed by atoms with Crippen LogP contribution in [-0.2, 0) is 6.54 Å². The Kier molecular flexibility index (Phi) is 4.58. The second kappa shape index (κ2) is 6.59. The Hall–Kier alpha value is -1.06. The number of ether oxygens (including phenoxy) is 1. The van der Waals surface area contributed by atoms with E-state index in [9.17, 15) is 0 Å². The lowest BCUT2D eigenvalue weighted by Crippen LogP contribution is -2.39. The number of hydrogen-bond donors (Lipinski definition) is 1. The fourth-order valence-electron chi connectivity index (χ4n) is 3.16. The zero-order valence-electron chi connectivity index (χ0n) is 12.5. The fourth-order valence-corrected chi connectivity index (χ4v) is 3.16. The van der Waals surface area contributed by atoms with Gasteiger partial charge in [-0.3, -0.25) is 4.90 Å². The molecule has 1 N–H and O–H groups in total. The summed E-state index contributed by atoms with van der Waals surface area (Å²) in [4.78, 5) is 2.69. The van der Waals surface area contributed by atoms with E-state index in [-0.39, 0.29) is 0 Å². The maximum Gasteiger partial charge on any atom is 0.118 e. The lowest BCUT2D eigenvalue weighted by Gasteiger charge is -2.30. The summed E-state index contributed by atoms with van der Waals surface area (Å²) in [5, 5.41) is 3.54. The maximum absolute atomic E-state index is 5.23. The number of nitrogens with zero attached hydrogens (tertiary/aromatic N) is 1. The molecule has 1 saturated heterocycles. The monoisotopic (exact) mass is 274 g/mol. The first-order chi connectivity index (χ1) is 9.85. The van der Waals surface area contributed by atoms with Crippen LogP contribution in [0.5, 0.6) is 5.75 Å². The second-order valence-corrected chi connectivity index (χ2v) is 6.22. The fraction of sp³-hybridized carbons (Fsp3) is 0.647. The Morgan fingerprint density at radius 1 is 1.20 bits per heavy atom. The van der Waals surface area contributed by atoms with Crippen molar-refractivity contribution < 1.29 is 4.74 Å². The van der Waals surface area contributed by atoms with E-state index in [1.807, 2.05) is 0 Å². The van der Waals surface area contributed by atoms with Crippen molar-refractivity contribution in [2.75, 3.05) is 26.7 Å². The molecule has 1 aromatic rings. The standard InChI is InChI=1S/C17H26N2O/c1-20-17-8-4-14(5-9-17)12-19(16-6-7-16)13-15-3-2-10-18-11-15/h4-5,8-9,15-16,18H,2-3,6-7,10-13H2,1H3. The van der Waals surface area contributed by atoms with Gasteiger partial charge in [-0.25, -0.2) is 0 Å². The van der Waals surface area contributed by atoms with E-state index in [0.29, 0.717) is 0 Å². The number of hydrogen-bond acceptors (Lipinski definition) is 3. The van der Waals surface area contributed by atoms with Crippen LogP contribution in [0.15, 0.2) is 24.3 Å². The van der Waals surface area contributed by atoms with Crippen LogP contribution in [-0.4, -0.2) is 37.7 Å². The summed E-state index contributed by atoms with van der Waals surface area (Å²) in [6.45, 7) is 4.75. The van der Waals surface area contributed by atoms with Crippen LogP contribution in [0.4, 0.5) is 0 Å². The largest absolute Gasteiger partial charge is 0.497 e. The minimum Gasteiger partial charge on any atom is -0.497 e. The number of piperidine rings is 1. The molecule has 0 bridgehead atoms. The summed E-state index contributed by atoms with van der Waals surface area (Å²) in [7, 11) is 1.72. The molecule has 1 aromatic carbocycles. The van der Waals surface area contributed by atoms with Gasteiger partial charge in [0, 0.05) is 19.1 Å². The molecule has 110 valence electrons. The first-order valence-electron chi connectivity index (χ1n) is 7.93. The van der Waals surface area contributed by atoms with Crippen molar-refractivity contribution >= 4 is 0 Å². The normalized spacial score (nSPS) is 23.0. The molecule has 3 heteroatoms. The lowest BCUT2D eigenvalue weighted by atomic mass is 9.98. The predicted octanol–water partition coefficient (Wildman–Crippen LogP) is 2.66. The van der Waals surface area contributed by atoms with Crippen molar-refractivity contribution in [3.05, 3.63) is 29.8 Å². The molecule has 0 spiro atoms. The van der Waals surface area contributed by atoms with E-state index >= 15 is 0 Å². The van der Waals surface area contributed by atoms with Crippen molar-refractivity contribution in [1.82, 2.24) is 10.2 Å². The molecule has 1 aliphatic heterocycles. The van der Waals surface area contributed by atoms with Gasteiger partial charge in [-0.15, -0.1) is 0 Å². The number of nitrogens with one attached hydrogen (secondary N) is 1. The van der Waals surface area contributed by atoms with Gasteiger partial charge in [0.25, 0.3) is 0 Å². The van der Waals surface area contributed by atoms with E-state index in [1.165, 1.54) is 50.9 Å². The molecule has 1 heterocycles. The molecule has 0 radical (unpaired) electrons. The molecular weight excluding hydrogens is 248 g/mol. The molecule has 20 heavy (non-hydrogen) atoms. The third-order valence-corrected chi connectivity index (χ3v) is 4.50. The Morgan fingerprint density at radius 3 is 2.60 bits per heavy atom. The second-order valence-electron chi connectivity index (χ2n) is 6.22. The van der Waals surface area contributed by atoms with Gasteiger partial charge in [-0.2, -0.15) is 0 Å². The topological polar surface area (TPSA) is 24.5 Å². The van der Waals surface area contributed by atoms with Gasteiger partial charge in [0.05, 0.1) is 7.11 Å². The van der Waals surface area contributed by atoms with Crippen LogP contribution >= 0.6 is 0 Å². The summed E-state index contributed by atoms with van der Waals surface area (Å²) in [6.07, 6.45) is 5.50. The summed E-state index contributed by atoms with van der Waals surface area (Å²) < 4.78 is 5.23. The van der Waals surface area contributed by atoms with Crippen LogP contribution in [0.25, 0.3) is 0 Å². The number of methoxy groups -OCH3 is 1. The highest BCUT2D eigenvalue weighted by atomic mass is 16.5. The quantitative estimate of drug-likeness (QED) is 0.863. The molecule has 2 fully saturated rings. The first-order valence-corrected chi connectivity index (χ1v) is 7.93. The minimum absolute atomic E-state index is 0.832. The Bertz CT molecular complexity index is 408. The van der Waals surface area contributed by atoms with Crippen molar-refractivity contribution in [2.45, 2.75) is 38.3 Å². The van der Waals surface area contributed by atoms with Gasteiger partial charge in [-0.05, 0) is 62.4 Å². The average Bonchev–Trinajstić information content (AvgIpc) is 3.33. The zero-order valence-corrected chi connectivity index (χ0v) is 12.5. The molecular formula is C17H26N2O. The van der Waals surface area contributed by atoms with E-state index in [0.717, 1.165) is 24.3 Å². The molecule has 0 aromatic heterocycles. The van der Waals surface area contributed by atoms with E-state index in [2.05, 4.69) is 34.5 Å². The van der Waals surface area contributed by atoms with E-state index in [4.69, 9.17) is 4.74 Å². The van der Waals surface area contributed by atoms with Crippen molar-refractivity contribution in [3.63, 3.8) is 0 Å². The summed E-state index contributed by atoms with van der Waals surface area (Å²) in [5.74, 6) is 1.78. The molecule has 1 saturated carbocycles. The molecule has 1 unspecified atom stereocenters. The van der Waals surface area contributed by atoms with Gasteiger partial charge >= 0.3 is 0 Å². The third-order valence-electron chi connectivity index (χ3n) is 4.50. The highest BCUT2D eigenvalue weighted by molar-refractivity contribution is 5.27. The smallest absolute Gasteiger partial charge is 0.118 e. The minimum atomic E-state index is 0.832. The summed E-state index contributed by atoms with van der Waals surface area (Å²) >= 11 is 0. The van der Waals surface area contributed by atoms with Gasteiger partial charge in [-0.1, -0.05) is 12.1 Å². The maximum atomic E-state index is 5.23. The summed E-state index contributed by atoms with van der Waals surface area (Å²) in [6, 6.07) is 9.38. The van der Waals surface area contributed by atoms with Crippen molar-refractivity contribution in [3.8, 4) is 5.75 Å². The molecule has 1 atom stereocenters. The van der Waals surface area contributed by atoms with Gasteiger partial charge in [0.15, 0.2) is 0 Å². The Morgan fingerprint density at radius 2 is 2.00 bits per heavy atom. The highest BCUT2D eigenvalue weighted by Crippen LogP contribution is 2.30. The van der Waals surface area contributed by atoms with Crippen LogP contribution in [0.3, 0.4) is 0 Å². The molecule has 3 rings (SSSR count). The molecule has 0 amide bonds. The molecule has 2 aliphatic rings. The third kappa shape index (κ3) is 3.74. The predicted molar refractivity (Wildman–Crippen MR) is 82.0 cm³/mol. The number of benzene rings is 1. The van der Waals surface area contributed by atoms with Crippen LogP contribution in [0.2, 0.25) is 0 Å². The zero-order chi connectivity index (χ0) is 13.8. The highest BCUT2D eigenvalue weighted by Gasteiger charge is 2.30. The van der Waals surface area contributed by atoms with Crippen LogP contribution < -0.4 is 10.1 Å². The van der Waals surface area contributed by atoms with Gasteiger partial charge < -0.3 is 10.1 Å². The first kappa shape index (κ1) is 13.9. The van der Waals surface area contributed by atoms with E-state index in [1.54, 1.807) is 7.11 Å². The van der Waals surface area contributed by atoms with Gasteiger partial charge in [0.1, 0.15) is 5.75 Å². The lowest BCUT2D eigenvalue weighted by molar-refractivity contribution is 0.192. The SMILES string of the molecule is COc1ccc(CN(CC2CCCNC2)C2CC2)cc1. The average molecular weight is 274 g/mol. The molecule has 1 aliphatic carbocycles. The Balaban J connectivity index is 1.58. The van der Waals surface area contributed by atoms with Crippen LogP contribution in [0.1, 0.15) is 31.2 Å². The molecule has 3 nitrogen and oxygen atoms in total. The summed E-state index contributed by atoms with van der Waals surface area (Å²) in [5.41, 5.74) is 1.40.